The summed E-state index contributed by atoms with van der Waals surface area (Å²) in [5, 5.41) is 20.2. The van der Waals surface area contributed by atoms with Gasteiger partial charge in [0.15, 0.2) is 5.16 Å². The van der Waals surface area contributed by atoms with Crippen molar-refractivity contribution >= 4 is 17.4 Å². The molecule has 0 radical (unpaired) electrons. The molecular formula is C15H18N4O3S. The first kappa shape index (κ1) is 15.8. The van der Waals surface area contributed by atoms with Crippen LogP contribution in [0.2, 0.25) is 0 Å². The number of rotatable bonds is 6. The Balaban J connectivity index is 1.51. The second-order valence-corrected chi connectivity index (χ2v) is 6.37. The fourth-order valence-corrected chi connectivity index (χ4v) is 3.34. The average Bonchev–Trinajstić information content (AvgIpc) is 2.79. The highest BCUT2D eigenvalue weighted by Crippen LogP contribution is 2.23. The van der Waals surface area contributed by atoms with Crippen LogP contribution in [0.15, 0.2) is 29.4 Å². The van der Waals surface area contributed by atoms with E-state index in [4.69, 9.17) is 4.74 Å². The Morgan fingerprint density at radius 2 is 2.22 bits per heavy atom. The number of ether oxygens (including phenoxy) is 1. The number of hydrogen-bond acceptors (Lipinski definition) is 6. The Labute approximate surface area is 138 Å². The molecule has 0 atom stereocenters. The van der Waals surface area contributed by atoms with Gasteiger partial charge < -0.3 is 9.30 Å². The fourth-order valence-electron chi connectivity index (χ4n) is 2.54. The molecule has 1 aromatic heterocycles. The number of thioether (sulfide) groups is 1. The van der Waals surface area contributed by atoms with Crippen molar-refractivity contribution < 1.29 is 9.66 Å². The van der Waals surface area contributed by atoms with E-state index in [-0.39, 0.29) is 5.69 Å². The van der Waals surface area contributed by atoms with Gasteiger partial charge in [0.05, 0.1) is 17.6 Å². The van der Waals surface area contributed by atoms with Crippen molar-refractivity contribution in [2.24, 2.45) is 0 Å². The molecule has 2 aromatic rings. The van der Waals surface area contributed by atoms with Crippen molar-refractivity contribution in [2.75, 3.05) is 12.4 Å². The molecule has 23 heavy (non-hydrogen) atoms. The summed E-state index contributed by atoms with van der Waals surface area (Å²) < 4.78 is 7.78. The normalized spacial score (nSPS) is 14.1. The van der Waals surface area contributed by atoms with Gasteiger partial charge in [0.2, 0.25) is 0 Å². The summed E-state index contributed by atoms with van der Waals surface area (Å²) in [4.78, 5) is 10.3. The van der Waals surface area contributed by atoms with E-state index in [2.05, 4.69) is 14.8 Å². The standard InChI is InChI=1S/C15H18N4O3S/c20-19(21)12-5-4-6-13(11-12)22-9-10-23-15-17-16-14-7-2-1-3-8-18(14)15/h4-6,11H,1-3,7-10H2. The number of nitro groups is 1. The van der Waals surface area contributed by atoms with Crippen molar-refractivity contribution in [2.45, 2.75) is 37.4 Å². The van der Waals surface area contributed by atoms with Crippen LogP contribution in [0.4, 0.5) is 5.69 Å². The minimum atomic E-state index is -0.424. The van der Waals surface area contributed by atoms with E-state index in [0.29, 0.717) is 12.4 Å². The summed E-state index contributed by atoms with van der Waals surface area (Å²) >= 11 is 1.61. The van der Waals surface area contributed by atoms with Crippen LogP contribution in [0.3, 0.4) is 0 Å². The highest BCUT2D eigenvalue weighted by Gasteiger charge is 2.14. The second kappa shape index (κ2) is 7.45. The van der Waals surface area contributed by atoms with Crippen LogP contribution >= 0.6 is 11.8 Å². The van der Waals surface area contributed by atoms with Crippen molar-refractivity contribution in [1.29, 1.82) is 0 Å². The zero-order valence-corrected chi connectivity index (χ0v) is 13.5. The Kier molecular flexibility index (Phi) is 5.12. The molecular weight excluding hydrogens is 316 g/mol. The van der Waals surface area contributed by atoms with E-state index in [1.54, 1.807) is 23.9 Å². The van der Waals surface area contributed by atoms with E-state index < -0.39 is 4.92 Å². The summed E-state index contributed by atoms with van der Waals surface area (Å²) in [5.74, 6) is 2.31. The smallest absolute Gasteiger partial charge is 0.273 e. The van der Waals surface area contributed by atoms with E-state index in [0.717, 1.165) is 29.7 Å². The van der Waals surface area contributed by atoms with Gasteiger partial charge in [-0.1, -0.05) is 24.2 Å². The lowest BCUT2D eigenvalue weighted by molar-refractivity contribution is -0.384. The molecule has 1 aliphatic rings. The number of non-ortho nitro benzene ring substituents is 1. The number of nitro benzene ring substituents is 1. The predicted molar refractivity (Wildman–Crippen MR) is 86.9 cm³/mol. The van der Waals surface area contributed by atoms with Crippen LogP contribution in [-0.2, 0) is 13.0 Å². The molecule has 0 aliphatic carbocycles. The molecule has 122 valence electrons. The third-order valence-corrected chi connectivity index (χ3v) is 4.62. The van der Waals surface area contributed by atoms with Crippen molar-refractivity contribution in [3.63, 3.8) is 0 Å². The Morgan fingerprint density at radius 1 is 1.30 bits per heavy atom. The van der Waals surface area contributed by atoms with Crippen LogP contribution in [0, 0.1) is 10.1 Å². The van der Waals surface area contributed by atoms with Crippen LogP contribution in [0.1, 0.15) is 25.1 Å². The van der Waals surface area contributed by atoms with Gasteiger partial charge in [-0.05, 0) is 18.9 Å². The largest absolute Gasteiger partial charge is 0.492 e. The number of hydrogen-bond donors (Lipinski definition) is 0. The van der Waals surface area contributed by atoms with E-state index >= 15 is 0 Å². The summed E-state index contributed by atoms with van der Waals surface area (Å²) in [5.41, 5.74) is 0.0397. The van der Waals surface area contributed by atoms with Crippen LogP contribution < -0.4 is 4.74 Å². The molecule has 2 heterocycles. The molecule has 1 aromatic carbocycles. The van der Waals surface area contributed by atoms with Gasteiger partial charge in [-0.15, -0.1) is 10.2 Å². The number of fused-ring (bicyclic) bond motifs is 1. The van der Waals surface area contributed by atoms with Crippen LogP contribution in [0.25, 0.3) is 0 Å². The zero-order valence-electron chi connectivity index (χ0n) is 12.7. The maximum Gasteiger partial charge on any atom is 0.273 e. The van der Waals surface area contributed by atoms with Gasteiger partial charge in [-0.3, -0.25) is 10.1 Å². The fraction of sp³-hybridized carbons (Fsp3) is 0.467. The first-order valence-corrected chi connectivity index (χ1v) is 8.65. The molecule has 0 fully saturated rings. The average molecular weight is 334 g/mol. The molecule has 0 saturated heterocycles. The van der Waals surface area contributed by atoms with Crippen molar-refractivity contribution in [3.8, 4) is 5.75 Å². The number of aryl methyl sites for hydroxylation is 1. The summed E-state index contributed by atoms with van der Waals surface area (Å²) in [6.45, 7) is 1.45. The Bertz CT molecular complexity index is 689. The van der Waals surface area contributed by atoms with Gasteiger partial charge in [0.1, 0.15) is 11.6 Å². The highest BCUT2D eigenvalue weighted by atomic mass is 32.2. The summed E-state index contributed by atoms with van der Waals surface area (Å²) in [7, 11) is 0. The topological polar surface area (TPSA) is 83.1 Å². The van der Waals surface area contributed by atoms with Gasteiger partial charge in [0.25, 0.3) is 5.69 Å². The Hall–Kier alpha value is -2.09. The maximum absolute atomic E-state index is 10.7. The number of aromatic nitrogens is 3. The second-order valence-electron chi connectivity index (χ2n) is 5.31. The third kappa shape index (κ3) is 4.01. The molecule has 0 unspecified atom stereocenters. The highest BCUT2D eigenvalue weighted by molar-refractivity contribution is 7.99. The van der Waals surface area contributed by atoms with Crippen molar-refractivity contribution in [3.05, 3.63) is 40.2 Å². The lowest BCUT2D eigenvalue weighted by atomic mass is 10.2. The predicted octanol–water partition coefficient (Wildman–Crippen LogP) is 3.08. The zero-order chi connectivity index (χ0) is 16.1. The Morgan fingerprint density at radius 3 is 3.09 bits per heavy atom. The quantitative estimate of drug-likeness (QED) is 0.349. The first-order valence-electron chi connectivity index (χ1n) is 7.66. The van der Waals surface area contributed by atoms with E-state index in [1.807, 2.05) is 0 Å². The molecule has 0 amide bonds. The lowest BCUT2D eigenvalue weighted by Gasteiger charge is -2.07. The van der Waals surface area contributed by atoms with Gasteiger partial charge in [0, 0.05) is 24.8 Å². The van der Waals surface area contributed by atoms with Crippen LogP contribution in [-0.4, -0.2) is 32.0 Å². The maximum atomic E-state index is 10.7. The molecule has 8 heteroatoms. The number of nitrogens with zero attached hydrogens (tertiary/aromatic N) is 4. The minimum Gasteiger partial charge on any atom is -0.492 e. The lowest BCUT2D eigenvalue weighted by Crippen LogP contribution is -2.05. The van der Waals surface area contributed by atoms with Crippen LogP contribution in [0.5, 0.6) is 5.75 Å². The summed E-state index contributed by atoms with van der Waals surface area (Å²) in [6.07, 6.45) is 4.59. The van der Waals surface area contributed by atoms with Gasteiger partial charge in [-0.2, -0.15) is 0 Å². The number of benzene rings is 1. The third-order valence-electron chi connectivity index (χ3n) is 3.69. The molecule has 0 bridgehead atoms. The first-order chi connectivity index (χ1) is 11.2. The monoisotopic (exact) mass is 334 g/mol. The van der Waals surface area contributed by atoms with Crippen molar-refractivity contribution in [1.82, 2.24) is 14.8 Å². The molecule has 1 aliphatic heterocycles. The molecule has 0 spiro atoms. The molecule has 7 nitrogen and oxygen atoms in total. The molecule has 0 saturated carbocycles. The van der Waals surface area contributed by atoms with E-state index in [1.165, 1.54) is 31.4 Å². The molecule has 3 rings (SSSR count). The summed E-state index contributed by atoms with van der Waals surface area (Å²) in [6, 6.07) is 6.24. The molecule has 0 N–H and O–H groups in total. The SMILES string of the molecule is O=[N+]([O-])c1cccc(OCCSc2nnc3n2CCCCC3)c1. The van der Waals surface area contributed by atoms with E-state index in [9.17, 15) is 10.1 Å². The van der Waals surface area contributed by atoms with Gasteiger partial charge in [-0.25, -0.2) is 0 Å². The minimum absolute atomic E-state index is 0.0397. The van der Waals surface area contributed by atoms with Gasteiger partial charge >= 0.3 is 0 Å².